The van der Waals surface area contributed by atoms with Crippen LogP contribution in [-0.4, -0.2) is 49.5 Å². The fraction of sp³-hybridized carbons (Fsp3) is 0.550. The van der Waals surface area contributed by atoms with Gasteiger partial charge in [0.25, 0.3) is 0 Å². The van der Waals surface area contributed by atoms with Crippen LogP contribution in [0, 0.1) is 0 Å². The smallest absolute Gasteiger partial charge is 0.130 e. The van der Waals surface area contributed by atoms with Gasteiger partial charge < -0.3 is 14.2 Å². The lowest BCUT2D eigenvalue weighted by Crippen LogP contribution is -2.34. The van der Waals surface area contributed by atoms with Crippen molar-refractivity contribution in [3.8, 4) is 17.2 Å². The minimum atomic E-state index is 0.497. The summed E-state index contributed by atoms with van der Waals surface area (Å²) >= 11 is 0. The number of rotatable bonds is 7. The highest BCUT2D eigenvalue weighted by molar-refractivity contribution is 5.50. The fourth-order valence-electron chi connectivity index (χ4n) is 3.85. The van der Waals surface area contributed by atoms with Crippen molar-refractivity contribution in [2.45, 2.75) is 38.6 Å². The Labute approximate surface area is 155 Å². The highest BCUT2D eigenvalue weighted by Gasteiger charge is 2.26. The van der Waals surface area contributed by atoms with Gasteiger partial charge in [0.1, 0.15) is 17.2 Å². The Morgan fingerprint density at radius 1 is 1.15 bits per heavy atom. The Morgan fingerprint density at radius 3 is 2.50 bits per heavy atom. The van der Waals surface area contributed by atoms with E-state index >= 15 is 0 Å². The third kappa shape index (κ3) is 3.80. The van der Waals surface area contributed by atoms with E-state index in [1.165, 1.54) is 24.1 Å². The predicted octanol–water partition coefficient (Wildman–Crippen LogP) is 3.38. The first-order valence-electron chi connectivity index (χ1n) is 9.23. The van der Waals surface area contributed by atoms with Crippen molar-refractivity contribution in [3.05, 3.63) is 35.2 Å². The number of piperidine rings is 1. The quantitative estimate of drug-likeness (QED) is 0.821. The van der Waals surface area contributed by atoms with Crippen LogP contribution in [0.3, 0.4) is 0 Å². The van der Waals surface area contributed by atoms with E-state index in [2.05, 4.69) is 22.0 Å². The molecule has 1 aliphatic rings. The number of benzene rings is 1. The molecule has 0 saturated carbocycles. The van der Waals surface area contributed by atoms with E-state index in [0.29, 0.717) is 5.92 Å². The van der Waals surface area contributed by atoms with Crippen LogP contribution in [0.15, 0.2) is 18.3 Å². The van der Waals surface area contributed by atoms with Gasteiger partial charge in [-0.3, -0.25) is 10.00 Å². The van der Waals surface area contributed by atoms with Crippen molar-refractivity contribution in [1.29, 1.82) is 0 Å². The first-order valence-corrected chi connectivity index (χ1v) is 9.23. The second-order valence-corrected chi connectivity index (χ2v) is 6.75. The minimum absolute atomic E-state index is 0.497. The van der Waals surface area contributed by atoms with Crippen LogP contribution in [0.2, 0.25) is 0 Å². The summed E-state index contributed by atoms with van der Waals surface area (Å²) in [5.74, 6) is 2.85. The molecule has 2 aromatic rings. The largest absolute Gasteiger partial charge is 0.496 e. The number of aromatic nitrogens is 2. The molecule has 0 aliphatic carbocycles. The molecule has 26 heavy (non-hydrogen) atoms. The summed E-state index contributed by atoms with van der Waals surface area (Å²) in [4.78, 5) is 2.47. The molecule has 6 nitrogen and oxygen atoms in total. The molecule has 1 fully saturated rings. The molecule has 3 rings (SSSR count). The Hall–Kier alpha value is -2.21. The van der Waals surface area contributed by atoms with E-state index in [9.17, 15) is 0 Å². The van der Waals surface area contributed by atoms with Crippen molar-refractivity contribution in [1.82, 2.24) is 15.1 Å². The zero-order chi connectivity index (χ0) is 18.5. The molecular weight excluding hydrogens is 330 g/mol. The van der Waals surface area contributed by atoms with E-state index in [1.807, 2.05) is 18.3 Å². The van der Waals surface area contributed by atoms with Crippen LogP contribution >= 0.6 is 0 Å². The summed E-state index contributed by atoms with van der Waals surface area (Å²) in [5.41, 5.74) is 3.69. The molecule has 1 aromatic heterocycles. The predicted molar refractivity (Wildman–Crippen MR) is 101 cm³/mol. The van der Waals surface area contributed by atoms with Crippen LogP contribution in [0.1, 0.15) is 42.5 Å². The van der Waals surface area contributed by atoms with E-state index in [1.54, 1.807) is 21.3 Å². The van der Waals surface area contributed by atoms with Crippen molar-refractivity contribution < 1.29 is 14.2 Å². The maximum atomic E-state index is 5.60. The SMILES string of the molecule is CCc1cn[nH]c1C1CCCN(Cc2c(OC)cc(OC)cc2OC)C1. The summed E-state index contributed by atoms with van der Waals surface area (Å²) in [5, 5.41) is 7.48. The number of methoxy groups -OCH3 is 3. The van der Waals surface area contributed by atoms with Crippen LogP contribution in [-0.2, 0) is 13.0 Å². The molecule has 0 radical (unpaired) electrons. The highest BCUT2D eigenvalue weighted by atomic mass is 16.5. The van der Waals surface area contributed by atoms with Gasteiger partial charge in [-0.25, -0.2) is 0 Å². The van der Waals surface area contributed by atoms with Crippen LogP contribution in [0.25, 0.3) is 0 Å². The average Bonchev–Trinajstić information content (AvgIpc) is 3.17. The van der Waals surface area contributed by atoms with Gasteiger partial charge in [-0.05, 0) is 31.4 Å². The van der Waals surface area contributed by atoms with E-state index in [4.69, 9.17) is 14.2 Å². The van der Waals surface area contributed by atoms with Crippen molar-refractivity contribution in [2.24, 2.45) is 0 Å². The number of nitrogens with one attached hydrogen (secondary N) is 1. The zero-order valence-corrected chi connectivity index (χ0v) is 16.2. The monoisotopic (exact) mass is 359 g/mol. The molecular formula is C20H29N3O3. The average molecular weight is 359 g/mol. The van der Waals surface area contributed by atoms with Crippen LogP contribution < -0.4 is 14.2 Å². The Balaban J connectivity index is 1.80. The molecule has 0 amide bonds. The van der Waals surface area contributed by atoms with Gasteiger partial charge in [0, 0.05) is 36.8 Å². The van der Waals surface area contributed by atoms with Gasteiger partial charge in [0.15, 0.2) is 0 Å². The molecule has 1 unspecified atom stereocenters. The topological polar surface area (TPSA) is 59.6 Å². The molecule has 0 bridgehead atoms. The van der Waals surface area contributed by atoms with E-state index < -0.39 is 0 Å². The standard InChI is InChI=1S/C20H29N3O3/c1-5-14-11-21-22-20(14)15-7-6-8-23(12-15)13-17-18(25-3)9-16(24-2)10-19(17)26-4/h9-11,15H,5-8,12-13H2,1-4H3,(H,21,22). The Kier molecular flexibility index (Phi) is 6.04. The van der Waals surface area contributed by atoms with Crippen molar-refractivity contribution >= 4 is 0 Å². The number of hydrogen-bond donors (Lipinski definition) is 1. The lowest BCUT2D eigenvalue weighted by atomic mass is 9.91. The summed E-state index contributed by atoms with van der Waals surface area (Å²) in [7, 11) is 5.03. The zero-order valence-electron chi connectivity index (χ0n) is 16.2. The van der Waals surface area contributed by atoms with Gasteiger partial charge >= 0.3 is 0 Å². The van der Waals surface area contributed by atoms with Gasteiger partial charge in [-0.1, -0.05) is 6.92 Å². The molecule has 1 atom stereocenters. The number of aromatic amines is 1. The van der Waals surface area contributed by atoms with Gasteiger partial charge in [0.05, 0.1) is 33.1 Å². The molecule has 6 heteroatoms. The summed E-state index contributed by atoms with van der Waals surface area (Å²) in [6, 6.07) is 3.84. The molecule has 1 N–H and O–H groups in total. The maximum Gasteiger partial charge on any atom is 0.130 e. The van der Waals surface area contributed by atoms with E-state index in [-0.39, 0.29) is 0 Å². The lowest BCUT2D eigenvalue weighted by molar-refractivity contribution is 0.193. The van der Waals surface area contributed by atoms with E-state index in [0.717, 1.165) is 48.9 Å². The van der Waals surface area contributed by atoms with Gasteiger partial charge in [-0.15, -0.1) is 0 Å². The lowest BCUT2D eigenvalue weighted by Gasteiger charge is -2.33. The number of aryl methyl sites for hydroxylation is 1. The number of nitrogens with zero attached hydrogens (tertiary/aromatic N) is 2. The summed E-state index contributed by atoms with van der Waals surface area (Å²) < 4.78 is 16.6. The Morgan fingerprint density at radius 2 is 1.88 bits per heavy atom. The van der Waals surface area contributed by atoms with Crippen LogP contribution in [0.4, 0.5) is 0 Å². The first kappa shape index (κ1) is 18.6. The van der Waals surface area contributed by atoms with Gasteiger partial charge in [-0.2, -0.15) is 5.10 Å². The van der Waals surface area contributed by atoms with Crippen molar-refractivity contribution in [2.75, 3.05) is 34.4 Å². The second-order valence-electron chi connectivity index (χ2n) is 6.75. The number of ether oxygens (including phenoxy) is 3. The summed E-state index contributed by atoms with van der Waals surface area (Å²) in [6.07, 6.45) is 5.35. The van der Waals surface area contributed by atoms with Crippen LogP contribution in [0.5, 0.6) is 17.2 Å². The van der Waals surface area contributed by atoms with Crippen molar-refractivity contribution in [3.63, 3.8) is 0 Å². The molecule has 0 spiro atoms. The first-order chi connectivity index (χ1) is 12.7. The molecule has 2 heterocycles. The molecule has 142 valence electrons. The highest BCUT2D eigenvalue weighted by Crippen LogP contribution is 2.36. The van der Waals surface area contributed by atoms with Gasteiger partial charge in [0.2, 0.25) is 0 Å². The fourth-order valence-corrected chi connectivity index (χ4v) is 3.85. The third-order valence-electron chi connectivity index (χ3n) is 5.24. The number of hydrogen-bond acceptors (Lipinski definition) is 5. The second kappa shape index (κ2) is 8.45. The molecule has 1 saturated heterocycles. The minimum Gasteiger partial charge on any atom is -0.496 e. The molecule has 1 aliphatic heterocycles. The Bertz CT molecular complexity index is 704. The molecule has 1 aromatic carbocycles. The number of likely N-dealkylation sites (tertiary alicyclic amines) is 1. The normalized spacial score (nSPS) is 17.9. The maximum absolute atomic E-state index is 5.60. The number of H-pyrrole nitrogens is 1. The summed E-state index contributed by atoms with van der Waals surface area (Å²) in [6.45, 7) is 5.06. The third-order valence-corrected chi connectivity index (χ3v) is 5.24.